The third kappa shape index (κ3) is 6.43. The molecule has 2 nitrogen and oxygen atoms in total. The van der Waals surface area contributed by atoms with Crippen molar-refractivity contribution in [1.29, 1.82) is 0 Å². The van der Waals surface area contributed by atoms with E-state index in [0.717, 1.165) is 19.3 Å². The van der Waals surface area contributed by atoms with Gasteiger partial charge in [-0.05, 0) is 18.4 Å². The van der Waals surface area contributed by atoms with Crippen LogP contribution in [0.5, 0.6) is 0 Å². The van der Waals surface area contributed by atoms with Crippen LogP contribution in [-0.2, 0) is 16.0 Å². The lowest BCUT2D eigenvalue weighted by molar-refractivity contribution is -0.146. The number of hydrogen-bond acceptors (Lipinski definition) is 2. The summed E-state index contributed by atoms with van der Waals surface area (Å²) in [5.74, 6) is -0.175. The number of hydrogen-bond donors (Lipinski definition) is 0. The van der Waals surface area contributed by atoms with Gasteiger partial charge in [0.05, 0.1) is 0 Å². The van der Waals surface area contributed by atoms with Crippen LogP contribution in [0.1, 0.15) is 51.5 Å². The van der Waals surface area contributed by atoms with E-state index in [1.165, 1.54) is 31.7 Å². The van der Waals surface area contributed by atoms with Crippen molar-refractivity contribution in [3.63, 3.8) is 0 Å². The molecule has 0 aliphatic carbocycles. The summed E-state index contributed by atoms with van der Waals surface area (Å²) in [6.45, 7) is 3.69. The second-order valence-electron chi connectivity index (χ2n) is 4.77. The third-order valence-corrected chi connectivity index (χ3v) is 3.02. The molecule has 100 valence electrons. The molecule has 0 bridgehead atoms. The van der Waals surface area contributed by atoms with Gasteiger partial charge in [-0.15, -0.1) is 0 Å². The predicted octanol–water partition coefficient (Wildman–Crippen LogP) is 4.13. The molecule has 0 N–H and O–H groups in total. The van der Waals surface area contributed by atoms with Crippen LogP contribution in [0.4, 0.5) is 0 Å². The van der Waals surface area contributed by atoms with Crippen molar-refractivity contribution in [2.24, 2.45) is 0 Å². The van der Waals surface area contributed by atoms with Gasteiger partial charge < -0.3 is 4.74 Å². The van der Waals surface area contributed by atoms with Gasteiger partial charge >= 0.3 is 5.97 Å². The lowest BCUT2D eigenvalue weighted by Crippen LogP contribution is -2.19. The quantitative estimate of drug-likeness (QED) is 0.510. The van der Waals surface area contributed by atoms with Gasteiger partial charge in [-0.3, -0.25) is 4.79 Å². The van der Waals surface area contributed by atoms with Crippen molar-refractivity contribution < 1.29 is 9.53 Å². The molecule has 0 fully saturated rings. The highest BCUT2D eigenvalue weighted by Gasteiger charge is 2.12. The van der Waals surface area contributed by atoms with E-state index in [1.54, 1.807) is 0 Å². The Morgan fingerprint density at radius 3 is 2.50 bits per heavy atom. The Hall–Kier alpha value is -1.31. The average molecular weight is 248 g/mol. The minimum Gasteiger partial charge on any atom is -0.462 e. The molecule has 0 saturated heterocycles. The first kappa shape index (κ1) is 14.7. The molecule has 0 aromatic heterocycles. The molecule has 0 aliphatic heterocycles. The predicted molar refractivity (Wildman–Crippen MR) is 74.5 cm³/mol. The van der Waals surface area contributed by atoms with Crippen molar-refractivity contribution in [1.82, 2.24) is 0 Å². The van der Waals surface area contributed by atoms with Crippen LogP contribution in [-0.4, -0.2) is 12.1 Å². The molecule has 18 heavy (non-hydrogen) atoms. The molecule has 0 spiro atoms. The van der Waals surface area contributed by atoms with Crippen molar-refractivity contribution in [3.8, 4) is 0 Å². The topological polar surface area (TPSA) is 26.3 Å². The molecular weight excluding hydrogens is 224 g/mol. The fraction of sp³-hybridized carbons (Fsp3) is 0.562. The second kappa shape index (κ2) is 8.73. The third-order valence-electron chi connectivity index (χ3n) is 3.02. The van der Waals surface area contributed by atoms with E-state index in [4.69, 9.17) is 4.74 Å². The lowest BCUT2D eigenvalue weighted by Gasteiger charge is -2.17. The zero-order valence-corrected chi connectivity index (χ0v) is 11.5. The minimum atomic E-state index is -0.175. The van der Waals surface area contributed by atoms with E-state index in [2.05, 4.69) is 19.1 Å². The molecule has 1 atom stereocenters. The summed E-state index contributed by atoms with van der Waals surface area (Å²) in [5, 5.41) is 0. The molecular formula is C16H24O2. The van der Waals surface area contributed by atoms with E-state index < -0.39 is 0 Å². The van der Waals surface area contributed by atoms with Crippen LogP contribution in [0.3, 0.4) is 0 Å². The Kier molecular flexibility index (Phi) is 7.16. The Morgan fingerprint density at radius 2 is 1.89 bits per heavy atom. The number of carbonyl (C=O) groups is 1. The monoisotopic (exact) mass is 248 g/mol. The molecule has 0 unspecified atom stereocenters. The number of esters is 1. The molecule has 1 rings (SSSR count). The van der Waals surface area contributed by atoms with Gasteiger partial charge in [0, 0.05) is 13.3 Å². The number of benzene rings is 1. The van der Waals surface area contributed by atoms with Gasteiger partial charge in [0.15, 0.2) is 0 Å². The molecule has 0 aliphatic rings. The van der Waals surface area contributed by atoms with Crippen LogP contribution in [0.15, 0.2) is 30.3 Å². The van der Waals surface area contributed by atoms with Gasteiger partial charge in [-0.2, -0.15) is 0 Å². The van der Waals surface area contributed by atoms with Crippen molar-refractivity contribution >= 4 is 5.97 Å². The molecule has 1 aromatic rings. The highest BCUT2D eigenvalue weighted by Crippen LogP contribution is 2.14. The summed E-state index contributed by atoms with van der Waals surface area (Å²) in [6, 6.07) is 10.2. The van der Waals surface area contributed by atoms with Crippen LogP contribution in [0.25, 0.3) is 0 Å². The molecule has 2 heteroatoms. The summed E-state index contributed by atoms with van der Waals surface area (Å²) < 4.78 is 5.40. The lowest BCUT2D eigenvalue weighted by atomic mass is 10.0. The Balaban J connectivity index is 2.42. The maximum atomic E-state index is 11.1. The minimum absolute atomic E-state index is 0.0294. The smallest absolute Gasteiger partial charge is 0.302 e. The molecule has 0 heterocycles. The molecule has 0 radical (unpaired) electrons. The summed E-state index contributed by atoms with van der Waals surface area (Å²) in [4.78, 5) is 11.1. The van der Waals surface area contributed by atoms with Crippen LogP contribution in [0, 0.1) is 0 Å². The largest absolute Gasteiger partial charge is 0.462 e. The zero-order valence-electron chi connectivity index (χ0n) is 11.5. The van der Waals surface area contributed by atoms with Crippen molar-refractivity contribution in [2.45, 2.75) is 58.5 Å². The van der Waals surface area contributed by atoms with Gasteiger partial charge in [-0.1, -0.05) is 56.5 Å². The zero-order chi connectivity index (χ0) is 13.2. The van der Waals surface area contributed by atoms with Crippen LogP contribution < -0.4 is 0 Å². The molecule has 1 aromatic carbocycles. The molecule has 0 saturated carbocycles. The first-order valence-corrected chi connectivity index (χ1v) is 6.93. The first-order valence-electron chi connectivity index (χ1n) is 6.93. The Labute approximate surface area is 110 Å². The SMILES string of the molecule is CCCCCC[C@@H](Cc1ccccc1)OC(C)=O. The van der Waals surface area contributed by atoms with Crippen LogP contribution in [0.2, 0.25) is 0 Å². The highest BCUT2D eigenvalue weighted by molar-refractivity contribution is 5.66. The summed E-state index contributed by atoms with van der Waals surface area (Å²) in [7, 11) is 0. The number of ether oxygens (including phenoxy) is 1. The maximum absolute atomic E-state index is 11.1. The summed E-state index contributed by atoms with van der Waals surface area (Å²) in [5.41, 5.74) is 1.24. The molecule has 0 amide bonds. The van der Waals surface area contributed by atoms with Crippen molar-refractivity contribution in [3.05, 3.63) is 35.9 Å². The normalized spacial score (nSPS) is 12.1. The van der Waals surface area contributed by atoms with Gasteiger partial charge in [0.1, 0.15) is 6.10 Å². The number of unbranched alkanes of at least 4 members (excludes halogenated alkanes) is 3. The Bertz CT molecular complexity index is 332. The Morgan fingerprint density at radius 1 is 1.17 bits per heavy atom. The van der Waals surface area contributed by atoms with Gasteiger partial charge in [0.25, 0.3) is 0 Å². The van der Waals surface area contributed by atoms with Crippen LogP contribution >= 0.6 is 0 Å². The van der Waals surface area contributed by atoms with E-state index >= 15 is 0 Å². The van der Waals surface area contributed by atoms with E-state index in [9.17, 15) is 4.79 Å². The van der Waals surface area contributed by atoms with E-state index in [1.807, 2.05) is 18.2 Å². The fourth-order valence-electron chi connectivity index (χ4n) is 2.11. The van der Waals surface area contributed by atoms with Gasteiger partial charge in [0.2, 0.25) is 0 Å². The maximum Gasteiger partial charge on any atom is 0.302 e. The highest BCUT2D eigenvalue weighted by atomic mass is 16.5. The van der Waals surface area contributed by atoms with Crippen molar-refractivity contribution in [2.75, 3.05) is 0 Å². The summed E-state index contributed by atoms with van der Waals surface area (Å²) in [6.07, 6.45) is 6.68. The second-order valence-corrected chi connectivity index (χ2v) is 4.77. The average Bonchev–Trinajstić information content (AvgIpc) is 2.35. The first-order chi connectivity index (χ1) is 8.72. The van der Waals surface area contributed by atoms with E-state index in [-0.39, 0.29) is 12.1 Å². The fourth-order valence-corrected chi connectivity index (χ4v) is 2.11. The standard InChI is InChI=1S/C16H24O2/c1-3-4-5-9-12-16(18-14(2)17)13-15-10-7-6-8-11-15/h6-8,10-11,16H,3-5,9,12-13H2,1-2H3/t16-/m0/s1. The van der Waals surface area contributed by atoms with Gasteiger partial charge in [-0.25, -0.2) is 0 Å². The summed E-state index contributed by atoms with van der Waals surface area (Å²) >= 11 is 0. The number of carbonyl (C=O) groups excluding carboxylic acids is 1. The number of rotatable bonds is 8. The van der Waals surface area contributed by atoms with E-state index in [0.29, 0.717) is 0 Å².